The molecule has 0 saturated carbocycles. The molecule has 6 heteroatoms. The molecule has 0 aliphatic carbocycles. The van der Waals surface area contributed by atoms with Crippen LogP contribution in [0.4, 0.5) is 9.59 Å². The molecule has 0 aromatic rings. The van der Waals surface area contributed by atoms with Crippen LogP contribution in [0.1, 0.15) is 0 Å². The molecule has 6 nitrogen and oxygen atoms in total. The molecule has 0 spiro atoms. The molecule has 0 aliphatic rings. The Morgan fingerprint density at radius 3 is 1.93 bits per heavy atom. The molecule has 0 radical (unpaired) electrons. The minimum absolute atomic E-state index is 0.108. The van der Waals surface area contributed by atoms with Crippen molar-refractivity contribution in [3.63, 3.8) is 0 Å². The molecule has 74 valence electrons. The lowest BCUT2D eigenvalue weighted by Gasteiger charge is -2.00. The molecular formula is C8H8N2O4. The Bertz CT molecular complexity index is 276. The van der Waals surface area contributed by atoms with Gasteiger partial charge in [-0.3, -0.25) is 0 Å². The van der Waals surface area contributed by atoms with Gasteiger partial charge in [0.05, 0.1) is 13.5 Å². The molecule has 0 aromatic heterocycles. The van der Waals surface area contributed by atoms with Gasteiger partial charge in [0.25, 0.3) is 5.76 Å². The molecule has 0 heterocycles. The van der Waals surface area contributed by atoms with Gasteiger partial charge in [-0.15, -0.1) is 0 Å². The summed E-state index contributed by atoms with van der Waals surface area (Å²) in [6.45, 7) is 12.7. The van der Waals surface area contributed by atoms with Crippen LogP contribution in [-0.2, 0) is 9.47 Å². The van der Waals surface area contributed by atoms with E-state index < -0.39 is 12.2 Å². The van der Waals surface area contributed by atoms with E-state index in [0.29, 0.717) is 0 Å². The standard InChI is InChI=1S/C8H8N2O4/c1-5(2)13-7(11)9-10-8(12)14-6(3)4/h1-4H2. The van der Waals surface area contributed by atoms with Gasteiger partial charge in [-0.25, -0.2) is 23.1 Å². The first-order valence-electron chi connectivity index (χ1n) is 3.29. The maximum atomic E-state index is 10.6. The van der Waals surface area contributed by atoms with E-state index in [1.165, 1.54) is 0 Å². The minimum atomic E-state index is -1.11. The first-order valence-corrected chi connectivity index (χ1v) is 3.29. The Morgan fingerprint density at radius 2 is 1.57 bits per heavy atom. The quantitative estimate of drug-likeness (QED) is 0.386. The van der Waals surface area contributed by atoms with Gasteiger partial charge in [0, 0.05) is 0 Å². The normalized spacial score (nSPS) is 9.43. The third-order valence-electron chi connectivity index (χ3n) is 0.677. The highest BCUT2D eigenvalue weighted by molar-refractivity contribution is 5.74. The maximum Gasteiger partial charge on any atom is 0.460 e. The van der Waals surface area contributed by atoms with Gasteiger partial charge in [-0.05, 0) is 5.76 Å². The zero-order chi connectivity index (χ0) is 11.1. The van der Waals surface area contributed by atoms with Crippen LogP contribution in [0.25, 0.3) is 0 Å². The fourth-order valence-corrected chi connectivity index (χ4v) is 0.369. The Hall–Kier alpha value is -2.24. The highest BCUT2D eigenvalue weighted by Crippen LogP contribution is 1.97. The third kappa shape index (κ3) is 6.47. The molecule has 2 amide bonds. The zero-order valence-electron chi connectivity index (χ0n) is 7.36. The SMILES string of the molecule is C=C([CH2+])OC(=O)N=NC(=O)OC(=C)[CH2-]. The van der Waals surface area contributed by atoms with Gasteiger partial charge in [0.15, 0.2) is 0 Å². The van der Waals surface area contributed by atoms with Crippen LogP contribution in [-0.4, -0.2) is 12.2 Å². The molecule has 0 atom stereocenters. The summed E-state index contributed by atoms with van der Waals surface area (Å²) < 4.78 is 8.51. The van der Waals surface area contributed by atoms with Crippen molar-refractivity contribution in [2.24, 2.45) is 10.2 Å². The summed E-state index contributed by atoms with van der Waals surface area (Å²) in [7, 11) is 0. The summed E-state index contributed by atoms with van der Waals surface area (Å²) in [6.07, 6.45) is -2.23. The summed E-state index contributed by atoms with van der Waals surface area (Å²) in [5.41, 5.74) is 0. The molecule has 0 fully saturated rings. The number of hydrogen-bond donors (Lipinski definition) is 0. The summed E-state index contributed by atoms with van der Waals surface area (Å²) in [4.78, 5) is 21.2. The lowest BCUT2D eigenvalue weighted by molar-refractivity contribution is 0.179. The van der Waals surface area contributed by atoms with Gasteiger partial charge in [-0.2, -0.15) is 0 Å². The second-order valence-electron chi connectivity index (χ2n) is 2.01. The van der Waals surface area contributed by atoms with Crippen LogP contribution >= 0.6 is 0 Å². The molecule has 0 rings (SSSR count). The molecule has 0 saturated heterocycles. The van der Waals surface area contributed by atoms with Crippen molar-refractivity contribution in [2.45, 2.75) is 0 Å². The van der Waals surface area contributed by atoms with Crippen molar-refractivity contribution in [1.82, 2.24) is 0 Å². The Morgan fingerprint density at radius 1 is 1.14 bits per heavy atom. The van der Waals surface area contributed by atoms with Gasteiger partial charge >= 0.3 is 12.2 Å². The molecule has 0 unspecified atom stereocenters. The van der Waals surface area contributed by atoms with Crippen molar-refractivity contribution in [1.29, 1.82) is 0 Å². The average Bonchev–Trinajstić information content (AvgIpc) is 1.98. The largest absolute Gasteiger partial charge is 0.460 e. The maximum absolute atomic E-state index is 10.6. The number of allylic oxidation sites excluding steroid dienone is 2. The van der Waals surface area contributed by atoms with Crippen molar-refractivity contribution in [3.8, 4) is 0 Å². The fourth-order valence-electron chi connectivity index (χ4n) is 0.369. The Labute approximate surface area is 80.9 Å². The first-order chi connectivity index (χ1) is 6.41. The number of azo groups is 1. The van der Waals surface area contributed by atoms with Gasteiger partial charge in [0.2, 0.25) is 0 Å². The molecule has 0 N–H and O–H groups in total. The van der Waals surface area contributed by atoms with Crippen LogP contribution < -0.4 is 0 Å². The van der Waals surface area contributed by atoms with E-state index in [-0.39, 0.29) is 11.5 Å². The summed E-state index contributed by atoms with van der Waals surface area (Å²) in [6, 6.07) is 0. The van der Waals surface area contributed by atoms with Gasteiger partial charge in [0.1, 0.15) is 0 Å². The molecule has 14 heavy (non-hydrogen) atoms. The summed E-state index contributed by atoms with van der Waals surface area (Å²) >= 11 is 0. The highest BCUT2D eigenvalue weighted by Gasteiger charge is 2.05. The van der Waals surface area contributed by atoms with E-state index >= 15 is 0 Å². The van der Waals surface area contributed by atoms with E-state index in [4.69, 9.17) is 0 Å². The van der Waals surface area contributed by atoms with E-state index in [2.05, 4.69) is 46.7 Å². The monoisotopic (exact) mass is 196 g/mol. The predicted molar refractivity (Wildman–Crippen MR) is 46.8 cm³/mol. The first kappa shape index (κ1) is 11.8. The predicted octanol–water partition coefficient (Wildman–Crippen LogP) is 2.41. The van der Waals surface area contributed by atoms with Crippen LogP contribution in [0.15, 0.2) is 34.9 Å². The number of hydrogen-bond acceptors (Lipinski definition) is 4. The summed E-state index contributed by atoms with van der Waals surface area (Å²) in [5, 5.41) is 5.67. The van der Waals surface area contributed by atoms with E-state index in [1.54, 1.807) is 0 Å². The summed E-state index contributed by atoms with van der Waals surface area (Å²) in [5.74, 6) is -0.215. The van der Waals surface area contributed by atoms with Crippen molar-refractivity contribution >= 4 is 12.2 Å². The number of nitrogens with zero attached hydrogens (tertiary/aromatic N) is 2. The molecule has 0 aromatic carbocycles. The number of carbonyl (C=O) groups excluding carboxylic acids is 2. The molecular weight excluding hydrogens is 188 g/mol. The number of carbonyl (C=O) groups is 2. The number of rotatable bonds is 2. The second-order valence-corrected chi connectivity index (χ2v) is 2.01. The van der Waals surface area contributed by atoms with Crippen molar-refractivity contribution < 1.29 is 19.1 Å². The van der Waals surface area contributed by atoms with Crippen LogP contribution in [0.3, 0.4) is 0 Å². The van der Waals surface area contributed by atoms with Crippen molar-refractivity contribution in [3.05, 3.63) is 38.5 Å². The molecule has 0 bridgehead atoms. The van der Waals surface area contributed by atoms with Crippen molar-refractivity contribution in [2.75, 3.05) is 0 Å². The fraction of sp³-hybridized carbons (Fsp3) is 0. The second kappa shape index (κ2) is 5.41. The number of ether oxygens (including phenoxy) is 2. The number of amides is 2. The Balaban J connectivity index is 4.04. The van der Waals surface area contributed by atoms with E-state index in [0.717, 1.165) is 0 Å². The van der Waals surface area contributed by atoms with E-state index in [1.807, 2.05) is 0 Å². The lowest BCUT2D eigenvalue weighted by Crippen LogP contribution is -1.99. The minimum Gasteiger partial charge on any atom is -0.448 e. The molecule has 0 aliphatic heterocycles. The Kier molecular flexibility index (Phi) is 4.55. The van der Waals surface area contributed by atoms with E-state index in [9.17, 15) is 9.59 Å². The smallest absolute Gasteiger partial charge is 0.448 e. The van der Waals surface area contributed by atoms with Crippen LogP contribution in [0.2, 0.25) is 0 Å². The topological polar surface area (TPSA) is 77.3 Å². The highest BCUT2D eigenvalue weighted by atomic mass is 16.6. The van der Waals surface area contributed by atoms with Gasteiger partial charge < -0.3 is 9.47 Å². The third-order valence-corrected chi connectivity index (χ3v) is 0.677. The van der Waals surface area contributed by atoms with Crippen LogP contribution in [0.5, 0.6) is 0 Å². The lowest BCUT2D eigenvalue weighted by atomic mass is 10.7. The zero-order valence-corrected chi connectivity index (χ0v) is 7.36. The van der Waals surface area contributed by atoms with Crippen LogP contribution in [0, 0.1) is 13.8 Å². The average molecular weight is 196 g/mol. The van der Waals surface area contributed by atoms with Gasteiger partial charge in [-0.1, -0.05) is 10.2 Å².